The molecule has 1 fully saturated rings. The van der Waals surface area contributed by atoms with Crippen LogP contribution in [0.25, 0.3) is 0 Å². The molecule has 0 spiro atoms. The second kappa shape index (κ2) is 11.1. The minimum absolute atomic E-state index is 0.0183. The highest BCUT2D eigenvalue weighted by atomic mass is 19.4. The molecule has 0 unspecified atom stereocenters. The third kappa shape index (κ3) is 6.24. The van der Waals surface area contributed by atoms with Gasteiger partial charge in [-0.25, -0.2) is 9.97 Å². The van der Waals surface area contributed by atoms with Crippen LogP contribution >= 0.6 is 0 Å². The van der Waals surface area contributed by atoms with E-state index in [1.807, 2.05) is 0 Å². The molecular weight excluding hydrogens is 475 g/mol. The normalized spacial score (nSPS) is 17.9. The molecule has 36 heavy (non-hydrogen) atoms. The average molecular weight is 508 g/mol. The van der Waals surface area contributed by atoms with Gasteiger partial charge in [0.25, 0.3) is 5.91 Å². The van der Waals surface area contributed by atoms with Gasteiger partial charge in [0.15, 0.2) is 0 Å². The van der Waals surface area contributed by atoms with E-state index in [0.29, 0.717) is 23.4 Å². The monoisotopic (exact) mass is 507 g/mol. The summed E-state index contributed by atoms with van der Waals surface area (Å²) in [5.41, 5.74) is -0.200. The number of benzene rings is 1. The van der Waals surface area contributed by atoms with Crippen LogP contribution in [-0.2, 0) is 17.4 Å². The highest BCUT2D eigenvalue weighted by Gasteiger charge is 2.37. The molecule has 11 heteroatoms. The number of anilines is 2. The van der Waals surface area contributed by atoms with E-state index in [0.717, 1.165) is 25.5 Å². The van der Waals surface area contributed by atoms with Gasteiger partial charge in [-0.2, -0.15) is 13.2 Å². The van der Waals surface area contributed by atoms with E-state index in [4.69, 9.17) is 4.74 Å². The number of carbonyl (C=O) groups is 2. The highest BCUT2D eigenvalue weighted by Crippen LogP contribution is 2.36. The number of ether oxygens (including phenoxy) is 1. The Hall–Kier alpha value is -3.37. The number of alkyl halides is 3. The van der Waals surface area contributed by atoms with E-state index < -0.39 is 11.7 Å². The Morgan fingerprint density at radius 2 is 1.86 bits per heavy atom. The summed E-state index contributed by atoms with van der Waals surface area (Å²) in [5, 5.41) is 2.92. The molecule has 1 aliphatic rings. The molecule has 1 aliphatic carbocycles. The summed E-state index contributed by atoms with van der Waals surface area (Å²) in [6, 6.07) is 4.57. The lowest BCUT2D eigenvalue weighted by molar-refractivity contribution is -0.139. The summed E-state index contributed by atoms with van der Waals surface area (Å²) < 4.78 is 46.9. The smallest absolute Gasteiger partial charge is 0.419 e. The van der Waals surface area contributed by atoms with Gasteiger partial charge < -0.3 is 19.9 Å². The summed E-state index contributed by atoms with van der Waals surface area (Å²) in [5.74, 6) is -0.178. The number of rotatable bonds is 7. The minimum Gasteiger partial charge on any atom is -0.495 e. The molecule has 2 amide bonds. The molecule has 0 saturated heterocycles. The molecule has 2 aromatic rings. The first-order chi connectivity index (χ1) is 16.9. The summed E-state index contributed by atoms with van der Waals surface area (Å²) in [6.45, 7) is 1.46. The molecule has 3 rings (SSSR count). The van der Waals surface area contributed by atoms with Crippen molar-refractivity contribution in [2.75, 3.05) is 33.6 Å². The predicted octanol–water partition coefficient (Wildman–Crippen LogP) is 4.53. The van der Waals surface area contributed by atoms with Crippen molar-refractivity contribution in [1.82, 2.24) is 19.8 Å². The molecule has 1 heterocycles. The van der Waals surface area contributed by atoms with Crippen LogP contribution in [0.3, 0.4) is 0 Å². The number of hydrogen-bond acceptors (Lipinski definition) is 6. The largest absolute Gasteiger partial charge is 0.495 e. The molecule has 0 aliphatic heterocycles. The third-order valence-corrected chi connectivity index (χ3v) is 6.59. The third-order valence-electron chi connectivity index (χ3n) is 6.59. The van der Waals surface area contributed by atoms with Gasteiger partial charge in [-0.05, 0) is 43.4 Å². The lowest BCUT2D eigenvalue weighted by Crippen LogP contribution is -2.43. The molecular formula is C25H32F3N5O3. The van der Waals surface area contributed by atoms with Gasteiger partial charge in [-0.3, -0.25) is 9.59 Å². The maximum absolute atomic E-state index is 13.8. The Kier molecular flexibility index (Phi) is 8.42. The van der Waals surface area contributed by atoms with Crippen molar-refractivity contribution in [1.29, 1.82) is 0 Å². The second-order valence-corrected chi connectivity index (χ2v) is 9.24. The van der Waals surface area contributed by atoms with E-state index in [1.54, 1.807) is 44.2 Å². The topological polar surface area (TPSA) is 87.7 Å². The van der Waals surface area contributed by atoms with Crippen LogP contribution in [-0.4, -0.2) is 65.9 Å². The van der Waals surface area contributed by atoms with Crippen LogP contribution in [0.4, 0.5) is 24.8 Å². The van der Waals surface area contributed by atoms with Crippen LogP contribution < -0.4 is 10.1 Å². The van der Waals surface area contributed by atoms with E-state index in [2.05, 4.69) is 15.3 Å². The maximum Gasteiger partial charge on any atom is 0.419 e. The highest BCUT2D eigenvalue weighted by molar-refractivity contribution is 5.95. The quantitative estimate of drug-likeness (QED) is 0.593. The molecule has 196 valence electrons. The van der Waals surface area contributed by atoms with Crippen LogP contribution in [0.5, 0.6) is 5.75 Å². The molecule has 0 bridgehead atoms. The standard InChI is InChI=1S/C25H32F3N5O3/c1-15(34)33(4)21-9-7-6-8-16(21)12-20-18(25(26,27)28)14-29-24(31-20)30-19-11-10-17(13-22(19)36-5)23(35)32(2)3/h10-11,13-14,16,21H,6-9,12H2,1-5H3,(H,29,30,31)/t16-,21+/m0/s1. The summed E-state index contributed by atoms with van der Waals surface area (Å²) >= 11 is 0. The van der Waals surface area contributed by atoms with E-state index in [1.165, 1.54) is 18.9 Å². The fourth-order valence-electron chi connectivity index (χ4n) is 4.59. The molecule has 1 N–H and O–H groups in total. The van der Waals surface area contributed by atoms with Crippen LogP contribution in [0.15, 0.2) is 24.4 Å². The van der Waals surface area contributed by atoms with Crippen molar-refractivity contribution in [3.63, 3.8) is 0 Å². The van der Waals surface area contributed by atoms with Gasteiger partial charge in [0, 0.05) is 45.9 Å². The molecule has 2 atom stereocenters. The van der Waals surface area contributed by atoms with Gasteiger partial charge >= 0.3 is 6.18 Å². The van der Waals surface area contributed by atoms with Crippen molar-refractivity contribution >= 4 is 23.5 Å². The Bertz CT molecular complexity index is 1110. The SMILES string of the molecule is COc1cc(C(=O)N(C)C)ccc1Nc1ncc(C(F)(F)F)c(C[C@@H]2CCCC[C@H]2N(C)C(C)=O)n1. The number of carbonyl (C=O) groups excluding carboxylic acids is 2. The van der Waals surface area contributed by atoms with Crippen molar-refractivity contribution in [3.8, 4) is 5.75 Å². The fourth-order valence-corrected chi connectivity index (χ4v) is 4.59. The van der Waals surface area contributed by atoms with Crippen LogP contribution in [0.1, 0.15) is 54.2 Å². The van der Waals surface area contributed by atoms with Crippen LogP contribution in [0, 0.1) is 5.92 Å². The van der Waals surface area contributed by atoms with Gasteiger partial charge in [0.1, 0.15) is 5.75 Å². The summed E-state index contributed by atoms with van der Waals surface area (Å²) in [7, 11) is 6.38. The predicted molar refractivity (Wildman–Crippen MR) is 129 cm³/mol. The van der Waals surface area contributed by atoms with Gasteiger partial charge in [0.05, 0.1) is 24.1 Å². The zero-order valence-electron chi connectivity index (χ0n) is 21.1. The summed E-state index contributed by atoms with van der Waals surface area (Å²) in [6.07, 6.45) is -0.492. The number of aromatic nitrogens is 2. The Balaban J connectivity index is 1.93. The first-order valence-electron chi connectivity index (χ1n) is 11.8. The second-order valence-electron chi connectivity index (χ2n) is 9.24. The van der Waals surface area contributed by atoms with Crippen molar-refractivity contribution in [3.05, 3.63) is 41.2 Å². The number of methoxy groups -OCH3 is 1. The first-order valence-corrected chi connectivity index (χ1v) is 11.8. The maximum atomic E-state index is 13.8. The molecule has 0 radical (unpaired) electrons. The van der Waals surface area contributed by atoms with Crippen molar-refractivity contribution < 1.29 is 27.5 Å². The van der Waals surface area contributed by atoms with Crippen molar-refractivity contribution in [2.45, 2.75) is 51.2 Å². The molecule has 8 nitrogen and oxygen atoms in total. The number of amides is 2. The Labute approximate surface area is 208 Å². The zero-order valence-corrected chi connectivity index (χ0v) is 21.1. The van der Waals surface area contributed by atoms with Crippen LogP contribution in [0.2, 0.25) is 0 Å². The fraction of sp³-hybridized carbons (Fsp3) is 0.520. The molecule has 1 aromatic heterocycles. The van der Waals surface area contributed by atoms with Gasteiger partial charge in [-0.15, -0.1) is 0 Å². The Morgan fingerprint density at radius 1 is 1.17 bits per heavy atom. The van der Waals surface area contributed by atoms with Crippen molar-refractivity contribution in [2.24, 2.45) is 5.92 Å². The molecule has 1 saturated carbocycles. The summed E-state index contributed by atoms with van der Waals surface area (Å²) in [4.78, 5) is 35.4. The number of halogens is 3. The zero-order chi connectivity index (χ0) is 26.6. The number of nitrogens with one attached hydrogen (secondary N) is 1. The van der Waals surface area contributed by atoms with E-state index >= 15 is 0 Å². The van der Waals surface area contributed by atoms with E-state index in [-0.39, 0.29) is 41.8 Å². The lowest BCUT2D eigenvalue weighted by Gasteiger charge is -2.37. The van der Waals surface area contributed by atoms with E-state index in [9.17, 15) is 22.8 Å². The lowest BCUT2D eigenvalue weighted by atomic mass is 9.80. The van der Waals surface area contributed by atoms with Gasteiger partial charge in [0.2, 0.25) is 11.9 Å². The number of nitrogens with zero attached hydrogens (tertiary/aromatic N) is 4. The molecule has 1 aromatic carbocycles. The minimum atomic E-state index is -4.61. The average Bonchev–Trinajstić information content (AvgIpc) is 2.83. The Morgan fingerprint density at radius 3 is 2.47 bits per heavy atom. The first kappa shape index (κ1) is 27.2. The number of hydrogen-bond donors (Lipinski definition) is 1. The van der Waals surface area contributed by atoms with Gasteiger partial charge in [-0.1, -0.05) is 12.8 Å².